The lowest BCUT2D eigenvalue weighted by Crippen LogP contribution is -2.25. The van der Waals surface area contributed by atoms with Crippen molar-refractivity contribution in [2.24, 2.45) is 10.8 Å². The normalized spacial score (nSPS) is 11.1. The number of hydrogen-bond donors (Lipinski definition) is 4. The maximum atomic E-state index is 11.8. The molecule has 3 aromatic rings. The first kappa shape index (κ1) is 18.6. The third kappa shape index (κ3) is 4.31. The van der Waals surface area contributed by atoms with Gasteiger partial charge < -0.3 is 10.3 Å². The van der Waals surface area contributed by atoms with Crippen LogP contribution in [0.4, 0.5) is 5.69 Å². The number of hydrogen-bond acceptors (Lipinski definition) is 3. The van der Waals surface area contributed by atoms with Crippen molar-refractivity contribution in [3.8, 4) is 16.8 Å². The van der Waals surface area contributed by atoms with E-state index in [-0.39, 0.29) is 16.6 Å². The molecule has 0 aliphatic heterocycles. The average Bonchev–Trinajstić information content (AvgIpc) is 3.16. The van der Waals surface area contributed by atoms with Gasteiger partial charge in [-0.1, -0.05) is 36.4 Å². The highest BCUT2D eigenvalue weighted by molar-refractivity contribution is 5.81. The molecule has 5 N–H and O–H groups in total. The predicted molar refractivity (Wildman–Crippen MR) is 109 cm³/mol. The molecule has 140 valence electrons. The number of nitrogens with zero attached hydrogens (tertiary/aromatic N) is 3. The van der Waals surface area contributed by atoms with Gasteiger partial charge in [0.2, 0.25) is 5.96 Å². The van der Waals surface area contributed by atoms with Crippen LogP contribution in [-0.2, 0) is 0 Å². The van der Waals surface area contributed by atoms with Crippen molar-refractivity contribution >= 4 is 23.9 Å². The van der Waals surface area contributed by atoms with Crippen molar-refractivity contribution < 1.29 is 10.1 Å². The quantitative estimate of drug-likeness (QED) is 0.300. The monoisotopic (exact) mass is 375 g/mol. The number of allylic oxidation sites excluding steroid dienone is 1. The Kier molecular flexibility index (Phi) is 5.61. The number of aromatic nitrogens is 1. The molecule has 0 saturated heterocycles. The molecule has 0 saturated carbocycles. The van der Waals surface area contributed by atoms with Gasteiger partial charge in [0.25, 0.3) is 4.92 Å². The van der Waals surface area contributed by atoms with E-state index in [2.05, 4.69) is 10.5 Å². The fourth-order valence-corrected chi connectivity index (χ4v) is 2.73. The van der Waals surface area contributed by atoms with Crippen LogP contribution in [0, 0.1) is 10.3 Å². The highest BCUT2D eigenvalue weighted by atomic mass is 16.6. The molecule has 2 aromatic carbocycles. The molecule has 0 spiro atoms. The van der Waals surface area contributed by atoms with Crippen molar-refractivity contribution in [3.05, 3.63) is 83.5 Å². The Labute approximate surface area is 161 Å². The number of nitrogens with one attached hydrogen (secondary N) is 2. The van der Waals surface area contributed by atoms with Crippen LogP contribution >= 0.6 is 0 Å². The molecular weight excluding hydrogens is 356 g/mol. The van der Waals surface area contributed by atoms with E-state index in [1.807, 2.05) is 48.5 Å². The van der Waals surface area contributed by atoms with Gasteiger partial charge in [-0.3, -0.25) is 5.41 Å². The van der Waals surface area contributed by atoms with Gasteiger partial charge in [-0.05, 0) is 41.5 Å². The van der Waals surface area contributed by atoms with E-state index >= 15 is 0 Å². The van der Waals surface area contributed by atoms with Crippen LogP contribution in [-0.4, -0.2) is 26.9 Å². The van der Waals surface area contributed by atoms with Gasteiger partial charge in [-0.15, -0.1) is 0 Å². The molecule has 0 unspecified atom stereocenters. The zero-order valence-electron chi connectivity index (χ0n) is 14.9. The predicted octanol–water partition coefficient (Wildman–Crippen LogP) is 3.43. The fourth-order valence-electron chi connectivity index (χ4n) is 2.73. The van der Waals surface area contributed by atoms with Crippen LogP contribution in [0.2, 0.25) is 0 Å². The van der Waals surface area contributed by atoms with Gasteiger partial charge in [-0.2, -0.15) is 5.10 Å². The first-order chi connectivity index (χ1) is 13.6. The van der Waals surface area contributed by atoms with E-state index in [0.717, 1.165) is 16.8 Å². The van der Waals surface area contributed by atoms with Crippen molar-refractivity contribution in [1.29, 1.82) is 5.41 Å². The summed E-state index contributed by atoms with van der Waals surface area (Å²) in [7, 11) is 0. The highest BCUT2D eigenvalue weighted by Crippen LogP contribution is 2.30. The van der Waals surface area contributed by atoms with Crippen LogP contribution in [0.3, 0.4) is 0 Å². The number of benzene rings is 2. The molecule has 0 bridgehead atoms. The van der Waals surface area contributed by atoms with Gasteiger partial charge in [0.05, 0.1) is 4.91 Å². The van der Waals surface area contributed by atoms with E-state index in [1.165, 1.54) is 6.21 Å². The molecule has 0 aliphatic rings. The van der Waals surface area contributed by atoms with E-state index in [0.29, 0.717) is 5.69 Å². The van der Waals surface area contributed by atoms with E-state index in [9.17, 15) is 10.1 Å². The molecular formula is C20H19N6O2+. The van der Waals surface area contributed by atoms with Crippen LogP contribution in [0.15, 0.2) is 78.0 Å². The minimum atomic E-state index is -0.255. The lowest BCUT2D eigenvalue weighted by molar-refractivity contribution is -0.729. The second kappa shape index (κ2) is 8.45. The lowest BCUT2D eigenvalue weighted by atomic mass is 10.0. The van der Waals surface area contributed by atoms with Gasteiger partial charge in [0.1, 0.15) is 5.69 Å². The number of hydrazone groups is 1. The van der Waals surface area contributed by atoms with Crippen LogP contribution in [0.1, 0.15) is 5.69 Å². The standard InChI is InChI=1S/C20H19N6O2/c21-20(22)24-23-12-4-8-17-9-5-13-25(17)18-11-10-16(14-19(18)26(27)28)15-6-2-1-3-7-15/h1-14H,(H,27,28)(H4,21,22,24)/q+1/b8-4+,23-12+. The first-order valence-corrected chi connectivity index (χ1v) is 8.39. The fraction of sp³-hybridized carbons (Fsp3) is 0. The Morgan fingerprint density at radius 3 is 2.64 bits per heavy atom. The maximum absolute atomic E-state index is 11.8. The maximum Gasteiger partial charge on any atom is 0.340 e. The smallest absolute Gasteiger partial charge is 0.340 e. The van der Waals surface area contributed by atoms with Crippen LogP contribution < -0.4 is 11.2 Å². The lowest BCUT2D eigenvalue weighted by Gasteiger charge is -2.08. The van der Waals surface area contributed by atoms with Crippen molar-refractivity contribution in [2.75, 3.05) is 0 Å². The average molecular weight is 375 g/mol. The summed E-state index contributed by atoms with van der Waals surface area (Å²) in [6.45, 7) is 0. The molecule has 0 atom stereocenters. The molecule has 1 heterocycles. The molecule has 8 nitrogen and oxygen atoms in total. The minimum Gasteiger partial charge on any atom is -0.369 e. The van der Waals surface area contributed by atoms with E-state index in [1.54, 1.807) is 35.0 Å². The largest absolute Gasteiger partial charge is 0.369 e. The summed E-state index contributed by atoms with van der Waals surface area (Å²) < 4.78 is 1.77. The Morgan fingerprint density at radius 1 is 1.14 bits per heavy atom. The summed E-state index contributed by atoms with van der Waals surface area (Å²) in [6, 6.07) is 18.6. The summed E-state index contributed by atoms with van der Waals surface area (Å²) in [4.78, 5) is 11.7. The third-order valence-electron chi connectivity index (χ3n) is 3.94. The molecule has 28 heavy (non-hydrogen) atoms. The molecule has 0 radical (unpaired) electrons. The SMILES string of the molecule is N=C(N)N/N=C/C=C/c1cccn1-c1ccc(-c2ccccc2)cc1[N+](=O)O. The van der Waals surface area contributed by atoms with Crippen molar-refractivity contribution in [1.82, 2.24) is 9.99 Å². The Morgan fingerprint density at radius 2 is 1.93 bits per heavy atom. The van der Waals surface area contributed by atoms with Crippen molar-refractivity contribution in [3.63, 3.8) is 0 Å². The number of nitrogens with two attached hydrogens (primary N) is 1. The molecule has 0 aliphatic carbocycles. The molecule has 8 heteroatoms. The molecule has 0 fully saturated rings. The van der Waals surface area contributed by atoms with Gasteiger partial charge in [0.15, 0.2) is 0 Å². The molecule has 0 amide bonds. The van der Waals surface area contributed by atoms with E-state index < -0.39 is 0 Å². The summed E-state index contributed by atoms with van der Waals surface area (Å²) in [5, 5.41) is 20.4. The number of guanidine groups is 1. The zero-order chi connectivity index (χ0) is 19.9. The first-order valence-electron chi connectivity index (χ1n) is 8.39. The Hall–Kier alpha value is -4.20. The van der Waals surface area contributed by atoms with Crippen molar-refractivity contribution in [2.45, 2.75) is 0 Å². The number of rotatable bonds is 6. The van der Waals surface area contributed by atoms with E-state index in [4.69, 9.17) is 11.1 Å². The summed E-state index contributed by atoms with van der Waals surface area (Å²) in [6.07, 6.45) is 6.67. The van der Waals surface area contributed by atoms with Crippen LogP contribution in [0.5, 0.6) is 0 Å². The summed E-state index contributed by atoms with van der Waals surface area (Å²) >= 11 is 0. The Bertz CT molecular complexity index is 1050. The third-order valence-corrected chi connectivity index (χ3v) is 3.94. The minimum absolute atomic E-state index is 0.124. The second-order valence-electron chi connectivity index (χ2n) is 5.81. The topological polar surface area (TPSA) is 120 Å². The van der Waals surface area contributed by atoms with Gasteiger partial charge in [0, 0.05) is 24.2 Å². The zero-order valence-corrected chi connectivity index (χ0v) is 14.9. The molecule has 3 rings (SSSR count). The van der Waals surface area contributed by atoms with Crippen LogP contribution in [0.25, 0.3) is 22.9 Å². The highest BCUT2D eigenvalue weighted by Gasteiger charge is 2.22. The Balaban J connectivity index is 1.95. The van der Waals surface area contributed by atoms with Gasteiger partial charge >= 0.3 is 5.69 Å². The summed E-state index contributed by atoms with van der Waals surface area (Å²) in [5.74, 6) is -0.255. The molecule has 1 aromatic heterocycles. The second-order valence-corrected chi connectivity index (χ2v) is 5.81. The summed E-state index contributed by atoms with van der Waals surface area (Å²) in [5.41, 5.74) is 10.6. The van der Waals surface area contributed by atoms with Gasteiger partial charge in [-0.25, -0.2) is 10.6 Å².